The van der Waals surface area contributed by atoms with Gasteiger partial charge in [0.1, 0.15) is 0 Å². The van der Waals surface area contributed by atoms with E-state index in [0.717, 1.165) is 5.56 Å². The predicted octanol–water partition coefficient (Wildman–Crippen LogP) is 1.97. The SMILES string of the molecule is COc1cc(COCC(C)(C)N)cc(OC)c1OC. The third kappa shape index (κ3) is 4.61. The Bertz CT molecular complexity index is 387. The number of hydrogen-bond acceptors (Lipinski definition) is 5. The summed E-state index contributed by atoms with van der Waals surface area (Å²) in [7, 11) is 4.75. The fraction of sp³-hybridized carbons (Fsp3) is 0.571. The molecule has 5 nitrogen and oxygen atoms in total. The van der Waals surface area contributed by atoms with Gasteiger partial charge in [0.15, 0.2) is 11.5 Å². The molecule has 1 aromatic rings. The smallest absolute Gasteiger partial charge is 0.203 e. The highest BCUT2D eigenvalue weighted by molar-refractivity contribution is 5.53. The van der Waals surface area contributed by atoms with Crippen molar-refractivity contribution in [2.75, 3.05) is 27.9 Å². The van der Waals surface area contributed by atoms with Crippen LogP contribution in [0.2, 0.25) is 0 Å². The van der Waals surface area contributed by atoms with Crippen LogP contribution in [-0.2, 0) is 11.3 Å². The number of hydrogen-bond donors (Lipinski definition) is 1. The summed E-state index contributed by atoms with van der Waals surface area (Å²) in [6.07, 6.45) is 0. The molecule has 0 heterocycles. The molecule has 2 N–H and O–H groups in total. The summed E-state index contributed by atoms with van der Waals surface area (Å²) in [5, 5.41) is 0. The quantitative estimate of drug-likeness (QED) is 0.820. The number of methoxy groups -OCH3 is 3. The highest BCUT2D eigenvalue weighted by Gasteiger charge is 2.14. The molecular formula is C14H23NO4. The normalized spacial score (nSPS) is 11.3. The van der Waals surface area contributed by atoms with Crippen LogP contribution in [-0.4, -0.2) is 33.5 Å². The van der Waals surface area contributed by atoms with Gasteiger partial charge in [-0.1, -0.05) is 0 Å². The maximum Gasteiger partial charge on any atom is 0.203 e. The molecule has 0 atom stereocenters. The number of nitrogens with two attached hydrogens (primary N) is 1. The fourth-order valence-corrected chi connectivity index (χ4v) is 1.65. The molecule has 5 heteroatoms. The Morgan fingerprint density at radius 1 is 1.00 bits per heavy atom. The van der Waals surface area contributed by atoms with Gasteiger partial charge in [-0.25, -0.2) is 0 Å². The molecule has 0 aliphatic heterocycles. The van der Waals surface area contributed by atoms with E-state index in [4.69, 9.17) is 24.7 Å². The molecule has 0 aliphatic rings. The average molecular weight is 269 g/mol. The molecule has 0 saturated heterocycles. The van der Waals surface area contributed by atoms with Crippen LogP contribution >= 0.6 is 0 Å². The molecule has 0 unspecified atom stereocenters. The van der Waals surface area contributed by atoms with Gasteiger partial charge in [0.2, 0.25) is 5.75 Å². The van der Waals surface area contributed by atoms with E-state index < -0.39 is 0 Å². The Morgan fingerprint density at radius 3 is 1.89 bits per heavy atom. The summed E-state index contributed by atoms with van der Waals surface area (Å²) < 4.78 is 21.4. The van der Waals surface area contributed by atoms with Crippen LogP contribution in [0.3, 0.4) is 0 Å². The van der Waals surface area contributed by atoms with E-state index >= 15 is 0 Å². The molecule has 1 aromatic carbocycles. The molecule has 0 fully saturated rings. The van der Waals surface area contributed by atoms with Crippen LogP contribution in [0.25, 0.3) is 0 Å². The van der Waals surface area contributed by atoms with Gasteiger partial charge in [0.25, 0.3) is 0 Å². The molecule has 108 valence electrons. The van der Waals surface area contributed by atoms with Gasteiger partial charge in [-0.2, -0.15) is 0 Å². The number of rotatable bonds is 7. The fourth-order valence-electron chi connectivity index (χ4n) is 1.65. The second-order valence-corrected chi connectivity index (χ2v) is 5.01. The minimum Gasteiger partial charge on any atom is -0.493 e. The zero-order chi connectivity index (χ0) is 14.5. The van der Waals surface area contributed by atoms with E-state index in [1.54, 1.807) is 21.3 Å². The Labute approximate surface area is 114 Å². The maximum absolute atomic E-state index is 5.86. The third-order valence-corrected chi connectivity index (χ3v) is 2.47. The van der Waals surface area contributed by atoms with E-state index in [9.17, 15) is 0 Å². The van der Waals surface area contributed by atoms with E-state index in [-0.39, 0.29) is 5.54 Å². The zero-order valence-corrected chi connectivity index (χ0v) is 12.3. The van der Waals surface area contributed by atoms with Gasteiger partial charge < -0.3 is 24.7 Å². The predicted molar refractivity (Wildman–Crippen MR) is 74.0 cm³/mol. The second kappa shape index (κ2) is 6.63. The number of benzene rings is 1. The van der Waals surface area contributed by atoms with Gasteiger partial charge >= 0.3 is 0 Å². The van der Waals surface area contributed by atoms with Crippen LogP contribution < -0.4 is 19.9 Å². The minimum absolute atomic E-state index is 0.347. The molecular weight excluding hydrogens is 246 g/mol. The van der Waals surface area contributed by atoms with Crippen molar-refractivity contribution in [2.24, 2.45) is 5.73 Å². The first-order chi connectivity index (χ1) is 8.91. The van der Waals surface area contributed by atoms with E-state index in [1.165, 1.54) is 0 Å². The Morgan fingerprint density at radius 2 is 1.53 bits per heavy atom. The lowest BCUT2D eigenvalue weighted by Gasteiger charge is -2.19. The van der Waals surface area contributed by atoms with Crippen LogP contribution in [0.5, 0.6) is 17.2 Å². The Balaban J connectivity index is 2.85. The molecule has 0 radical (unpaired) electrons. The van der Waals surface area contributed by atoms with Gasteiger partial charge in [-0.05, 0) is 31.5 Å². The van der Waals surface area contributed by atoms with Crippen molar-refractivity contribution in [1.29, 1.82) is 0 Å². The largest absolute Gasteiger partial charge is 0.493 e. The van der Waals surface area contributed by atoms with E-state index in [2.05, 4.69) is 0 Å². The highest BCUT2D eigenvalue weighted by atomic mass is 16.5. The zero-order valence-electron chi connectivity index (χ0n) is 12.3. The van der Waals surface area contributed by atoms with E-state index in [1.807, 2.05) is 26.0 Å². The van der Waals surface area contributed by atoms with Crippen molar-refractivity contribution >= 4 is 0 Å². The van der Waals surface area contributed by atoms with Crippen molar-refractivity contribution in [3.8, 4) is 17.2 Å². The molecule has 0 spiro atoms. The molecule has 19 heavy (non-hydrogen) atoms. The molecule has 0 aromatic heterocycles. The maximum atomic E-state index is 5.86. The summed E-state index contributed by atoms with van der Waals surface area (Å²) in [6.45, 7) is 4.76. The molecule has 1 rings (SSSR count). The van der Waals surface area contributed by atoms with Crippen molar-refractivity contribution < 1.29 is 18.9 Å². The minimum atomic E-state index is -0.347. The van der Waals surface area contributed by atoms with Crippen molar-refractivity contribution in [2.45, 2.75) is 26.0 Å². The third-order valence-electron chi connectivity index (χ3n) is 2.47. The molecule has 0 bridgehead atoms. The summed E-state index contributed by atoms with van der Waals surface area (Å²) in [5.41, 5.74) is 6.46. The topological polar surface area (TPSA) is 62.9 Å². The molecule has 0 saturated carbocycles. The molecule has 0 aliphatic carbocycles. The summed E-state index contributed by atoms with van der Waals surface area (Å²) in [5.74, 6) is 1.81. The lowest BCUT2D eigenvalue weighted by molar-refractivity contribution is 0.0848. The van der Waals surface area contributed by atoms with Crippen molar-refractivity contribution in [3.63, 3.8) is 0 Å². The van der Waals surface area contributed by atoms with Crippen LogP contribution in [0, 0.1) is 0 Å². The lowest BCUT2D eigenvalue weighted by atomic mass is 10.1. The first kappa shape index (κ1) is 15.6. The van der Waals surface area contributed by atoms with Gasteiger partial charge in [-0.3, -0.25) is 0 Å². The standard InChI is InChI=1S/C14H23NO4/c1-14(2,15)9-19-8-10-6-11(16-3)13(18-5)12(7-10)17-4/h6-7H,8-9,15H2,1-5H3. The summed E-state index contributed by atoms with van der Waals surface area (Å²) in [6, 6.07) is 3.73. The van der Waals surface area contributed by atoms with Gasteiger partial charge in [0, 0.05) is 5.54 Å². The van der Waals surface area contributed by atoms with E-state index in [0.29, 0.717) is 30.5 Å². The van der Waals surface area contributed by atoms with Crippen molar-refractivity contribution in [1.82, 2.24) is 0 Å². The van der Waals surface area contributed by atoms with Crippen LogP contribution in [0.15, 0.2) is 12.1 Å². The lowest BCUT2D eigenvalue weighted by Crippen LogP contribution is -2.37. The first-order valence-electron chi connectivity index (χ1n) is 6.06. The van der Waals surface area contributed by atoms with Gasteiger partial charge in [0.05, 0.1) is 34.5 Å². The second-order valence-electron chi connectivity index (χ2n) is 5.01. The summed E-state index contributed by atoms with van der Waals surface area (Å²) >= 11 is 0. The van der Waals surface area contributed by atoms with Crippen LogP contribution in [0.1, 0.15) is 19.4 Å². The summed E-state index contributed by atoms with van der Waals surface area (Å²) in [4.78, 5) is 0. The first-order valence-corrected chi connectivity index (χ1v) is 6.06. The highest BCUT2D eigenvalue weighted by Crippen LogP contribution is 2.38. The number of ether oxygens (including phenoxy) is 4. The Kier molecular flexibility index (Phi) is 5.44. The van der Waals surface area contributed by atoms with Crippen LogP contribution in [0.4, 0.5) is 0 Å². The Hall–Kier alpha value is -1.46. The monoisotopic (exact) mass is 269 g/mol. The van der Waals surface area contributed by atoms with Gasteiger partial charge in [-0.15, -0.1) is 0 Å². The van der Waals surface area contributed by atoms with Crippen molar-refractivity contribution in [3.05, 3.63) is 17.7 Å². The molecule has 0 amide bonds. The average Bonchev–Trinajstić information content (AvgIpc) is 2.35.